The molecule has 21 heavy (non-hydrogen) atoms. The molecule has 1 aromatic carbocycles. The van der Waals surface area contributed by atoms with Crippen LogP contribution in [0, 0.1) is 11.3 Å². The lowest BCUT2D eigenvalue weighted by atomic mass is 9.95. The smallest absolute Gasteiger partial charge is 0.232 e. The topological polar surface area (TPSA) is 45.9 Å². The predicted octanol–water partition coefficient (Wildman–Crippen LogP) is 4.17. The molecule has 0 fully saturated rings. The number of aromatic nitrogens is 1. The second-order valence-electron chi connectivity index (χ2n) is 5.18. The Morgan fingerprint density at radius 2 is 2.10 bits per heavy atom. The maximum absolute atomic E-state index is 9.28. The Kier molecular flexibility index (Phi) is 4.21. The van der Waals surface area contributed by atoms with Crippen LogP contribution < -0.4 is 4.74 Å². The summed E-state index contributed by atoms with van der Waals surface area (Å²) in [6.45, 7) is 0.417. The molecule has 0 unspecified atom stereocenters. The number of hydrogen-bond donors (Lipinski definition) is 0. The Bertz CT molecular complexity index is 706. The van der Waals surface area contributed by atoms with Crippen molar-refractivity contribution in [2.45, 2.75) is 32.3 Å². The van der Waals surface area contributed by atoms with E-state index in [1.165, 1.54) is 12.0 Å². The Morgan fingerprint density at radius 3 is 2.90 bits per heavy atom. The van der Waals surface area contributed by atoms with Gasteiger partial charge < -0.3 is 4.74 Å². The molecule has 3 nitrogen and oxygen atoms in total. The Balaban J connectivity index is 1.83. The minimum Gasteiger partial charge on any atom is -0.472 e. The lowest BCUT2D eigenvalue weighted by Gasteiger charge is -2.17. The Labute approximate surface area is 132 Å². The first-order chi connectivity index (χ1) is 10.3. The highest BCUT2D eigenvalue weighted by Crippen LogP contribution is 2.26. The number of rotatable bonds is 3. The number of aryl methyl sites for hydroxylation is 2. The number of pyridine rings is 1. The quantitative estimate of drug-likeness (QED) is 0.840. The first-order valence-electron chi connectivity index (χ1n) is 7.06. The number of hydrogen-bond acceptors (Lipinski definition) is 3. The van der Waals surface area contributed by atoms with E-state index < -0.39 is 0 Å². The summed E-state index contributed by atoms with van der Waals surface area (Å²) in [7, 11) is 0. The molecular formula is C17H15BrN2O. The van der Waals surface area contributed by atoms with Gasteiger partial charge in [-0.25, -0.2) is 4.98 Å². The van der Waals surface area contributed by atoms with Crippen molar-refractivity contribution in [3.05, 3.63) is 57.2 Å². The van der Waals surface area contributed by atoms with Crippen molar-refractivity contribution in [1.29, 1.82) is 5.26 Å². The van der Waals surface area contributed by atoms with Crippen LogP contribution in [0.2, 0.25) is 0 Å². The summed E-state index contributed by atoms with van der Waals surface area (Å²) < 4.78 is 6.80. The van der Waals surface area contributed by atoms with Crippen molar-refractivity contribution in [3.63, 3.8) is 0 Å². The molecule has 0 amide bonds. The van der Waals surface area contributed by atoms with Crippen LogP contribution in [-0.2, 0) is 19.4 Å². The second kappa shape index (κ2) is 6.28. The zero-order valence-corrected chi connectivity index (χ0v) is 13.2. The van der Waals surface area contributed by atoms with Gasteiger partial charge in [-0.3, -0.25) is 0 Å². The third-order valence-electron chi connectivity index (χ3n) is 3.65. The summed E-state index contributed by atoms with van der Waals surface area (Å²) in [5.41, 5.74) is 3.87. The van der Waals surface area contributed by atoms with Crippen LogP contribution in [0.15, 0.2) is 34.8 Å². The first-order valence-corrected chi connectivity index (χ1v) is 7.85. The second-order valence-corrected chi connectivity index (χ2v) is 6.10. The normalized spacial score (nSPS) is 13.3. The highest BCUT2D eigenvalue weighted by molar-refractivity contribution is 9.10. The van der Waals surface area contributed by atoms with Crippen LogP contribution in [-0.4, -0.2) is 4.98 Å². The van der Waals surface area contributed by atoms with Gasteiger partial charge in [-0.2, -0.15) is 5.26 Å². The number of nitriles is 1. The predicted molar refractivity (Wildman–Crippen MR) is 84.1 cm³/mol. The van der Waals surface area contributed by atoms with E-state index in [2.05, 4.69) is 27.0 Å². The van der Waals surface area contributed by atoms with Gasteiger partial charge in [0.15, 0.2) is 0 Å². The SMILES string of the molecule is N#Cc1cc2c(nc1OCc1cccc(Br)c1)CCCC2. The fourth-order valence-corrected chi connectivity index (χ4v) is 3.03. The maximum Gasteiger partial charge on any atom is 0.232 e. The van der Waals surface area contributed by atoms with Gasteiger partial charge in [0.25, 0.3) is 0 Å². The molecule has 1 aromatic heterocycles. The molecule has 0 spiro atoms. The number of halogens is 1. The highest BCUT2D eigenvalue weighted by Gasteiger charge is 2.16. The molecule has 1 heterocycles. The largest absolute Gasteiger partial charge is 0.472 e. The summed E-state index contributed by atoms with van der Waals surface area (Å²) in [5.74, 6) is 0.457. The molecule has 2 aromatic rings. The van der Waals surface area contributed by atoms with Gasteiger partial charge in [-0.1, -0.05) is 28.1 Å². The molecular weight excluding hydrogens is 328 g/mol. The highest BCUT2D eigenvalue weighted by atomic mass is 79.9. The summed E-state index contributed by atoms with van der Waals surface area (Å²) in [6.07, 6.45) is 4.34. The lowest BCUT2D eigenvalue weighted by Crippen LogP contribution is -2.09. The van der Waals surface area contributed by atoms with E-state index in [0.717, 1.165) is 35.0 Å². The van der Waals surface area contributed by atoms with Crippen LogP contribution >= 0.6 is 15.9 Å². The summed E-state index contributed by atoms with van der Waals surface area (Å²) >= 11 is 3.44. The van der Waals surface area contributed by atoms with Gasteiger partial charge in [0.2, 0.25) is 5.88 Å². The van der Waals surface area contributed by atoms with Crippen LogP contribution in [0.3, 0.4) is 0 Å². The van der Waals surface area contributed by atoms with Crippen molar-refractivity contribution in [2.24, 2.45) is 0 Å². The van der Waals surface area contributed by atoms with Crippen molar-refractivity contribution < 1.29 is 4.74 Å². The van der Waals surface area contributed by atoms with E-state index in [1.54, 1.807) is 0 Å². The summed E-state index contributed by atoms with van der Waals surface area (Å²) in [5, 5.41) is 9.28. The minimum atomic E-state index is 0.417. The number of fused-ring (bicyclic) bond motifs is 1. The van der Waals surface area contributed by atoms with Gasteiger partial charge in [0.1, 0.15) is 18.2 Å². The Hall–Kier alpha value is -1.86. The third kappa shape index (κ3) is 3.25. The average molecular weight is 343 g/mol. The molecule has 0 saturated carbocycles. The summed E-state index contributed by atoms with van der Waals surface area (Å²) in [6, 6.07) is 12.1. The number of benzene rings is 1. The van der Waals surface area contributed by atoms with Crippen LogP contribution in [0.5, 0.6) is 5.88 Å². The molecule has 0 N–H and O–H groups in total. The van der Waals surface area contributed by atoms with E-state index in [0.29, 0.717) is 18.1 Å². The number of ether oxygens (including phenoxy) is 1. The maximum atomic E-state index is 9.28. The molecule has 106 valence electrons. The van der Waals surface area contributed by atoms with Crippen molar-refractivity contribution in [2.75, 3.05) is 0 Å². The molecule has 3 rings (SSSR count). The van der Waals surface area contributed by atoms with Gasteiger partial charge >= 0.3 is 0 Å². The van der Waals surface area contributed by atoms with E-state index in [9.17, 15) is 5.26 Å². The molecule has 1 aliphatic rings. The fraction of sp³-hybridized carbons (Fsp3) is 0.294. The fourth-order valence-electron chi connectivity index (χ4n) is 2.58. The van der Waals surface area contributed by atoms with Crippen LogP contribution in [0.25, 0.3) is 0 Å². The molecule has 1 aliphatic carbocycles. The monoisotopic (exact) mass is 342 g/mol. The van der Waals surface area contributed by atoms with E-state index in [1.807, 2.05) is 30.3 Å². The van der Waals surface area contributed by atoms with Crippen LogP contribution in [0.1, 0.15) is 35.2 Å². The van der Waals surface area contributed by atoms with E-state index in [4.69, 9.17) is 4.74 Å². The average Bonchev–Trinajstić information content (AvgIpc) is 2.52. The molecule has 0 aliphatic heterocycles. The first kappa shape index (κ1) is 14.1. The van der Waals surface area contributed by atoms with Gasteiger partial charge in [-0.15, -0.1) is 0 Å². The summed E-state index contributed by atoms with van der Waals surface area (Å²) in [4.78, 5) is 4.57. The molecule has 0 bridgehead atoms. The minimum absolute atomic E-state index is 0.417. The van der Waals surface area contributed by atoms with E-state index in [-0.39, 0.29) is 0 Å². The standard InChI is InChI=1S/C17H15BrN2O/c18-15-6-3-4-12(8-15)11-21-17-14(10-19)9-13-5-1-2-7-16(13)20-17/h3-4,6,8-9H,1-2,5,7,11H2. The van der Waals surface area contributed by atoms with Crippen LogP contribution in [0.4, 0.5) is 0 Å². The van der Waals surface area contributed by atoms with Crippen molar-refractivity contribution >= 4 is 15.9 Å². The van der Waals surface area contributed by atoms with Crippen molar-refractivity contribution in [1.82, 2.24) is 4.98 Å². The van der Waals surface area contributed by atoms with Gasteiger partial charge in [0, 0.05) is 10.2 Å². The molecule has 0 atom stereocenters. The zero-order chi connectivity index (χ0) is 14.7. The Morgan fingerprint density at radius 1 is 1.24 bits per heavy atom. The third-order valence-corrected chi connectivity index (χ3v) is 4.14. The lowest BCUT2D eigenvalue weighted by molar-refractivity contribution is 0.291. The number of nitrogens with zero attached hydrogens (tertiary/aromatic N) is 2. The molecule has 0 radical (unpaired) electrons. The van der Waals surface area contributed by atoms with E-state index >= 15 is 0 Å². The van der Waals surface area contributed by atoms with Gasteiger partial charge in [0.05, 0.1) is 0 Å². The molecule has 0 saturated heterocycles. The zero-order valence-electron chi connectivity index (χ0n) is 11.6. The van der Waals surface area contributed by atoms with Crippen molar-refractivity contribution in [3.8, 4) is 11.9 Å². The molecule has 4 heteroatoms. The van der Waals surface area contributed by atoms with Gasteiger partial charge in [-0.05, 0) is 55.0 Å².